The molecule has 80 valence electrons. The highest BCUT2D eigenvalue weighted by Crippen LogP contribution is 2.42. The second kappa shape index (κ2) is 3.89. The molecule has 0 radical (unpaired) electrons. The van der Waals surface area contributed by atoms with Crippen LogP contribution in [0.4, 0.5) is 0 Å². The molecule has 0 aromatic heterocycles. The summed E-state index contributed by atoms with van der Waals surface area (Å²) in [5.74, 6) is 1.45. The average Bonchev–Trinajstić information content (AvgIpc) is 2.96. The van der Waals surface area contributed by atoms with Gasteiger partial charge < -0.3 is 10.2 Å². The molecule has 0 bridgehead atoms. The topological polar surface area (TPSA) is 32.3 Å². The SMILES string of the molecule is CC[C@@H]1C[C@H]1C(=O)N1CCNC[C@H]1C. The van der Waals surface area contributed by atoms with Crippen LogP contribution in [0.1, 0.15) is 26.7 Å². The van der Waals surface area contributed by atoms with Gasteiger partial charge in [0.05, 0.1) is 0 Å². The molecule has 0 aromatic carbocycles. The van der Waals surface area contributed by atoms with Crippen LogP contribution in [0.3, 0.4) is 0 Å². The number of nitrogens with zero attached hydrogens (tertiary/aromatic N) is 1. The Morgan fingerprint density at radius 2 is 2.36 bits per heavy atom. The molecule has 0 unspecified atom stereocenters. The molecule has 1 saturated carbocycles. The van der Waals surface area contributed by atoms with Gasteiger partial charge in [0.1, 0.15) is 0 Å². The third-order valence-corrected chi connectivity index (χ3v) is 3.55. The maximum atomic E-state index is 12.0. The molecule has 0 aromatic rings. The van der Waals surface area contributed by atoms with E-state index in [0.29, 0.717) is 23.8 Å². The van der Waals surface area contributed by atoms with Gasteiger partial charge in [-0.2, -0.15) is 0 Å². The van der Waals surface area contributed by atoms with Gasteiger partial charge in [0.2, 0.25) is 5.91 Å². The number of piperazine rings is 1. The normalized spacial score (nSPS) is 37.0. The summed E-state index contributed by atoms with van der Waals surface area (Å²) in [6.07, 6.45) is 2.29. The van der Waals surface area contributed by atoms with Crippen LogP contribution < -0.4 is 5.32 Å². The molecular weight excluding hydrogens is 176 g/mol. The first-order chi connectivity index (χ1) is 6.74. The Kier molecular flexibility index (Phi) is 2.77. The number of nitrogens with one attached hydrogen (secondary N) is 1. The van der Waals surface area contributed by atoms with Crippen LogP contribution in [-0.2, 0) is 4.79 Å². The molecule has 3 heteroatoms. The monoisotopic (exact) mass is 196 g/mol. The lowest BCUT2D eigenvalue weighted by molar-refractivity contribution is -0.135. The largest absolute Gasteiger partial charge is 0.337 e. The van der Waals surface area contributed by atoms with E-state index in [4.69, 9.17) is 0 Å². The van der Waals surface area contributed by atoms with Gasteiger partial charge in [-0.25, -0.2) is 0 Å². The van der Waals surface area contributed by atoms with E-state index in [1.54, 1.807) is 0 Å². The highest BCUT2D eigenvalue weighted by molar-refractivity contribution is 5.82. The van der Waals surface area contributed by atoms with Gasteiger partial charge in [-0.1, -0.05) is 13.3 Å². The van der Waals surface area contributed by atoms with Crippen molar-refractivity contribution in [3.05, 3.63) is 0 Å². The zero-order valence-electron chi connectivity index (χ0n) is 9.12. The van der Waals surface area contributed by atoms with Crippen molar-refractivity contribution in [2.24, 2.45) is 11.8 Å². The zero-order valence-corrected chi connectivity index (χ0v) is 9.12. The molecule has 1 N–H and O–H groups in total. The Hall–Kier alpha value is -0.570. The smallest absolute Gasteiger partial charge is 0.226 e. The second-order valence-corrected chi connectivity index (χ2v) is 4.60. The Morgan fingerprint density at radius 1 is 1.57 bits per heavy atom. The minimum absolute atomic E-state index is 0.362. The summed E-state index contributed by atoms with van der Waals surface area (Å²) in [7, 11) is 0. The van der Waals surface area contributed by atoms with Crippen molar-refractivity contribution < 1.29 is 4.79 Å². The molecule has 14 heavy (non-hydrogen) atoms. The fourth-order valence-corrected chi connectivity index (χ4v) is 2.38. The van der Waals surface area contributed by atoms with Crippen LogP contribution >= 0.6 is 0 Å². The lowest BCUT2D eigenvalue weighted by Gasteiger charge is -2.34. The molecule has 1 heterocycles. The highest BCUT2D eigenvalue weighted by atomic mass is 16.2. The quantitative estimate of drug-likeness (QED) is 0.710. The lowest BCUT2D eigenvalue weighted by Crippen LogP contribution is -2.52. The highest BCUT2D eigenvalue weighted by Gasteiger charge is 2.44. The zero-order chi connectivity index (χ0) is 10.1. The van der Waals surface area contributed by atoms with Crippen molar-refractivity contribution >= 4 is 5.91 Å². The maximum absolute atomic E-state index is 12.0. The molecule has 1 aliphatic heterocycles. The summed E-state index contributed by atoms with van der Waals surface area (Å²) in [6, 6.07) is 0.384. The van der Waals surface area contributed by atoms with Crippen LogP contribution in [0.15, 0.2) is 0 Å². The summed E-state index contributed by atoms with van der Waals surface area (Å²) in [4.78, 5) is 14.1. The maximum Gasteiger partial charge on any atom is 0.226 e. The number of hydrogen-bond donors (Lipinski definition) is 1. The first-order valence-electron chi connectivity index (χ1n) is 5.75. The number of amides is 1. The number of carbonyl (C=O) groups excluding carboxylic acids is 1. The Balaban J connectivity index is 1.90. The predicted molar refractivity (Wildman–Crippen MR) is 55.9 cm³/mol. The third kappa shape index (κ3) is 1.78. The van der Waals surface area contributed by atoms with Gasteiger partial charge in [0, 0.05) is 31.6 Å². The van der Waals surface area contributed by atoms with Crippen LogP contribution in [0.2, 0.25) is 0 Å². The van der Waals surface area contributed by atoms with Crippen molar-refractivity contribution in [2.75, 3.05) is 19.6 Å². The van der Waals surface area contributed by atoms with Crippen molar-refractivity contribution in [3.8, 4) is 0 Å². The molecule has 2 fully saturated rings. The van der Waals surface area contributed by atoms with Crippen molar-refractivity contribution in [1.29, 1.82) is 0 Å². The molecule has 2 aliphatic rings. The van der Waals surface area contributed by atoms with E-state index in [0.717, 1.165) is 32.5 Å². The predicted octanol–water partition coefficient (Wildman–Crippen LogP) is 0.853. The van der Waals surface area contributed by atoms with Gasteiger partial charge in [0.25, 0.3) is 0 Å². The van der Waals surface area contributed by atoms with E-state index in [1.807, 2.05) is 0 Å². The van der Waals surface area contributed by atoms with Gasteiger partial charge >= 0.3 is 0 Å². The van der Waals surface area contributed by atoms with Crippen molar-refractivity contribution in [2.45, 2.75) is 32.7 Å². The summed E-state index contributed by atoms with van der Waals surface area (Å²) >= 11 is 0. The number of rotatable bonds is 2. The third-order valence-electron chi connectivity index (χ3n) is 3.55. The van der Waals surface area contributed by atoms with Crippen LogP contribution in [0.5, 0.6) is 0 Å². The first-order valence-corrected chi connectivity index (χ1v) is 5.75. The molecule has 1 amide bonds. The van der Waals surface area contributed by atoms with E-state index >= 15 is 0 Å². The fraction of sp³-hybridized carbons (Fsp3) is 0.909. The van der Waals surface area contributed by atoms with Crippen molar-refractivity contribution in [1.82, 2.24) is 10.2 Å². The fourth-order valence-electron chi connectivity index (χ4n) is 2.38. The average molecular weight is 196 g/mol. The van der Waals surface area contributed by atoms with Gasteiger partial charge in [-0.15, -0.1) is 0 Å². The van der Waals surface area contributed by atoms with Crippen LogP contribution in [0, 0.1) is 11.8 Å². The van der Waals surface area contributed by atoms with Crippen LogP contribution in [0.25, 0.3) is 0 Å². The van der Waals surface area contributed by atoms with Gasteiger partial charge in [0.15, 0.2) is 0 Å². The van der Waals surface area contributed by atoms with Crippen molar-refractivity contribution in [3.63, 3.8) is 0 Å². The number of carbonyl (C=O) groups is 1. The van der Waals surface area contributed by atoms with E-state index in [9.17, 15) is 4.79 Å². The Labute approximate surface area is 85.8 Å². The van der Waals surface area contributed by atoms with Crippen LogP contribution in [-0.4, -0.2) is 36.5 Å². The van der Waals surface area contributed by atoms with E-state index in [1.165, 1.54) is 0 Å². The molecular formula is C11H20N2O. The molecule has 0 spiro atoms. The molecule has 1 aliphatic carbocycles. The standard InChI is InChI=1S/C11H20N2O/c1-3-9-6-10(9)11(14)13-5-4-12-7-8(13)2/h8-10,12H,3-7H2,1-2H3/t8-,9-,10-/m1/s1. The summed E-state index contributed by atoms with van der Waals surface area (Å²) in [5, 5.41) is 3.31. The van der Waals surface area contributed by atoms with E-state index < -0.39 is 0 Å². The molecule has 2 rings (SSSR count). The summed E-state index contributed by atoms with van der Waals surface area (Å²) < 4.78 is 0. The Morgan fingerprint density at radius 3 is 2.93 bits per heavy atom. The second-order valence-electron chi connectivity index (χ2n) is 4.60. The van der Waals surface area contributed by atoms with Gasteiger partial charge in [-0.3, -0.25) is 4.79 Å². The summed E-state index contributed by atoms with van der Waals surface area (Å²) in [6.45, 7) is 7.12. The molecule has 3 nitrogen and oxygen atoms in total. The summed E-state index contributed by atoms with van der Waals surface area (Å²) in [5.41, 5.74) is 0. The van der Waals surface area contributed by atoms with Gasteiger partial charge in [-0.05, 0) is 19.3 Å². The Bertz CT molecular complexity index is 229. The molecule has 1 saturated heterocycles. The van der Waals surface area contributed by atoms with E-state index in [-0.39, 0.29) is 0 Å². The van der Waals surface area contributed by atoms with E-state index in [2.05, 4.69) is 24.1 Å². The minimum Gasteiger partial charge on any atom is -0.337 e. The molecule has 3 atom stereocenters. The number of hydrogen-bond acceptors (Lipinski definition) is 2. The lowest BCUT2D eigenvalue weighted by atomic mass is 10.1. The minimum atomic E-state index is 0.362. The first kappa shape index (κ1) is 9.97.